The Labute approximate surface area is 90.5 Å². The molecule has 1 unspecified atom stereocenters. The van der Waals surface area contributed by atoms with Gasteiger partial charge in [-0.3, -0.25) is 4.79 Å². The SMILES string of the molecule is CC(C=O)c1ccc(I)cc1C=O. The molecule has 1 aromatic rings. The lowest BCUT2D eigenvalue weighted by molar-refractivity contribution is -0.108. The number of hydrogen-bond donors (Lipinski definition) is 0. The molecule has 1 aromatic carbocycles. The van der Waals surface area contributed by atoms with Crippen LogP contribution in [-0.2, 0) is 4.79 Å². The van der Waals surface area contributed by atoms with Crippen molar-refractivity contribution in [3.63, 3.8) is 0 Å². The van der Waals surface area contributed by atoms with Crippen LogP contribution in [0.25, 0.3) is 0 Å². The van der Waals surface area contributed by atoms with Gasteiger partial charge in [-0.15, -0.1) is 0 Å². The molecule has 0 spiro atoms. The van der Waals surface area contributed by atoms with Gasteiger partial charge in [0.1, 0.15) is 12.6 Å². The van der Waals surface area contributed by atoms with Crippen LogP contribution in [0.2, 0.25) is 0 Å². The molecule has 0 aliphatic heterocycles. The zero-order valence-electron chi connectivity index (χ0n) is 7.16. The summed E-state index contributed by atoms with van der Waals surface area (Å²) in [4.78, 5) is 21.2. The third kappa shape index (κ3) is 2.37. The van der Waals surface area contributed by atoms with Crippen LogP contribution in [0.15, 0.2) is 18.2 Å². The third-order valence-corrected chi connectivity index (χ3v) is 2.54. The molecule has 0 radical (unpaired) electrons. The van der Waals surface area contributed by atoms with Gasteiger partial charge in [-0.1, -0.05) is 13.0 Å². The zero-order valence-corrected chi connectivity index (χ0v) is 9.32. The summed E-state index contributed by atoms with van der Waals surface area (Å²) in [5.74, 6) is -0.211. The fourth-order valence-electron chi connectivity index (χ4n) is 1.14. The van der Waals surface area contributed by atoms with E-state index in [1.165, 1.54) is 0 Å². The van der Waals surface area contributed by atoms with Gasteiger partial charge in [0.15, 0.2) is 0 Å². The summed E-state index contributed by atoms with van der Waals surface area (Å²) in [6.07, 6.45) is 1.63. The van der Waals surface area contributed by atoms with Gasteiger partial charge in [0.25, 0.3) is 0 Å². The minimum absolute atomic E-state index is 0.211. The van der Waals surface area contributed by atoms with E-state index in [0.29, 0.717) is 5.56 Å². The first-order chi connectivity index (χ1) is 6.19. The van der Waals surface area contributed by atoms with Gasteiger partial charge in [0, 0.05) is 15.1 Å². The number of benzene rings is 1. The molecule has 1 rings (SSSR count). The monoisotopic (exact) mass is 288 g/mol. The average molecular weight is 288 g/mol. The van der Waals surface area contributed by atoms with Gasteiger partial charge in [-0.2, -0.15) is 0 Å². The number of aldehydes is 2. The summed E-state index contributed by atoms with van der Waals surface area (Å²) in [5.41, 5.74) is 1.40. The van der Waals surface area contributed by atoms with E-state index in [9.17, 15) is 9.59 Å². The van der Waals surface area contributed by atoms with Crippen LogP contribution in [0.4, 0.5) is 0 Å². The summed E-state index contributed by atoms with van der Waals surface area (Å²) >= 11 is 2.13. The first-order valence-corrected chi connectivity index (χ1v) is 4.97. The number of carbonyl (C=O) groups excluding carboxylic acids is 2. The van der Waals surface area contributed by atoms with Crippen LogP contribution in [0.3, 0.4) is 0 Å². The Hall–Kier alpha value is -0.710. The molecule has 0 aliphatic carbocycles. The van der Waals surface area contributed by atoms with Gasteiger partial charge in [-0.25, -0.2) is 0 Å². The van der Waals surface area contributed by atoms with Crippen molar-refractivity contribution in [1.82, 2.24) is 0 Å². The highest BCUT2D eigenvalue weighted by Crippen LogP contribution is 2.19. The maximum Gasteiger partial charge on any atom is 0.150 e. The van der Waals surface area contributed by atoms with Crippen molar-refractivity contribution in [2.45, 2.75) is 12.8 Å². The maximum absolute atomic E-state index is 10.7. The molecule has 0 N–H and O–H groups in total. The van der Waals surface area contributed by atoms with Crippen LogP contribution in [-0.4, -0.2) is 12.6 Å². The molecule has 0 heterocycles. The average Bonchev–Trinajstić information content (AvgIpc) is 2.16. The Kier molecular flexibility index (Phi) is 3.59. The van der Waals surface area contributed by atoms with E-state index in [1.54, 1.807) is 13.0 Å². The van der Waals surface area contributed by atoms with E-state index in [-0.39, 0.29) is 5.92 Å². The molecular weight excluding hydrogens is 279 g/mol. The van der Waals surface area contributed by atoms with Crippen molar-refractivity contribution < 1.29 is 9.59 Å². The molecule has 0 fully saturated rings. The second-order valence-corrected chi connectivity index (χ2v) is 4.06. The number of halogens is 1. The van der Waals surface area contributed by atoms with Crippen LogP contribution in [0, 0.1) is 3.57 Å². The molecule has 0 aromatic heterocycles. The van der Waals surface area contributed by atoms with E-state index in [0.717, 1.165) is 21.7 Å². The highest BCUT2D eigenvalue weighted by atomic mass is 127. The van der Waals surface area contributed by atoms with Crippen LogP contribution < -0.4 is 0 Å². The standard InChI is InChI=1S/C10H9IO2/c1-7(5-12)10-3-2-9(11)4-8(10)6-13/h2-7H,1H3. The Morgan fingerprint density at radius 2 is 2.08 bits per heavy atom. The summed E-state index contributed by atoms with van der Waals surface area (Å²) < 4.78 is 1.00. The first kappa shape index (κ1) is 10.4. The van der Waals surface area contributed by atoms with E-state index in [1.807, 2.05) is 12.1 Å². The van der Waals surface area contributed by atoms with Gasteiger partial charge >= 0.3 is 0 Å². The summed E-state index contributed by atoms with van der Waals surface area (Å²) in [6, 6.07) is 5.50. The molecule has 3 heteroatoms. The van der Waals surface area contributed by atoms with Gasteiger partial charge in [0.2, 0.25) is 0 Å². The molecule has 13 heavy (non-hydrogen) atoms. The Bertz CT molecular complexity index is 334. The number of hydrogen-bond acceptors (Lipinski definition) is 2. The summed E-state index contributed by atoms with van der Waals surface area (Å²) in [7, 11) is 0. The number of carbonyl (C=O) groups is 2. The fraction of sp³-hybridized carbons (Fsp3) is 0.200. The van der Waals surface area contributed by atoms with E-state index in [2.05, 4.69) is 22.6 Å². The van der Waals surface area contributed by atoms with Crippen molar-refractivity contribution in [2.75, 3.05) is 0 Å². The zero-order chi connectivity index (χ0) is 9.84. The van der Waals surface area contributed by atoms with Gasteiger partial charge in [-0.05, 0) is 40.3 Å². The van der Waals surface area contributed by atoms with Crippen LogP contribution in [0.5, 0.6) is 0 Å². The van der Waals surface area contributed by atoms with Gasteiger partial charge < -0.3 is 4.79 Å². The van der Waals surface area contributed by atoms with E-state index >= 15 is 0 Å². The predicted octanol–water partition coefficient (Wildman–Crippen LogP) is 2.41. The molecular formula is C10H9IO2. The van der Waals surface area contributed by atoms with Crippen molar-refractivity contribution >= 4 is 35.2 Å². The second kappa shape index (κ2) is 4.50. The fourth-order valence-corrected chi connectivity index (χ4v) is 1.65. The lowest BCUT2D eigenvalue weighted by atomic mass is 9.98. The van der Waals surface area contributed by atoms with Crippen LogP contribution in [0.1, 0.15) is 28.8 Å². The molecule has 0 aliphatic rings. The normalized spacial score (nSPS) is 12.2. The first-order valence-electron chi connectivity index (χ1n) is 3.89. The lowest BCUT2D eigenvalue weighted by Gasteiger charge is -2.07. The van der Waals surface area contributed by atoms with E-state index in [4.69, 9.17) is 0 Å². The molecule has 2 nitrogen and oxygen atoms in total. The molecule has 0 saturated heterocycles. The molecule has 0 amide bonds. The summed E-state index contributed by atoms with van der Waals surface area (Å²) in [6.45, 7) is 1.78. The number of rotatable bonds is 3. The molecule has 0 saturated carbocycles. The highest BCUT2D eigenvalue weighted by Gasteiger charge is 2.08. The predicted molar refractivity (Wildman–Crippen MR) is 59.0 cm³/mol. The Morgan fingerprint density at radius 1 is 1.38 bits per heavy atom. The quantitative estimate of drug-likeness (QED) is 0.632. The lowest BCUT2D eigenvalue weighted by Crippen LogP contribution is -1.99. The van der Waals surface area contributed by atoms with Crippen LogP contribution >= 0.6 is 22.6 Å². The minimum atomic E-state index is -0.211. The van der Waals surface area contributed by atoms with Crippen molar-refractivity contribution in [2.24, 2.45) is 0 Å². The second-order valence-electron chi connectivity index (χ2n) is 2.82. The molecule has 0 bridgehead atoms. The van der Waals surface area contributed by atoms with E-state index < -0.39 is 0 Å². The highest BCUT2D eigenvalue weighted by molar-refractivity contribution is 14.1. The summed E-state index contributed by atoms with van der Waals surface area (Å²) in [5, 5.41) is 0. The largest absolute Gasteiger partial charge is 0.303 e. The molecule has 68 valence electrons. The maximum atomic E-state index is 10.7. The van der Waals surface area contributed by atoms with Crippen molar-refractivity contribution in [1.29, 1.82) is 0 Å². The Morgan fingerprint density at radius 3 is 2.62 bits per heavy atom. The third-order valence-electron chi connectivity index (χ3n) is 1.87. The van der Waals surface area contributed by atoms with Crippen molar-refractivity contribution in [3.05, 3.63) is 32.9 Å². The topological polar surface area (TPSA) is 34.1 Å². The minimum Gasteiger partial charge on any atom is -0.303 e. The molecule has 1 atom stereocenters. The smallest absolute Gasteiger partial charge is 0.150 e. The van der Waals surface area contributed by atoms with Crippen molar-refractivity contribution in [3.8, 4) is 0 Å². The van der Waals surface area contributed by atoms with Gasteiger partial charge in [0.05, 0.1) is 0 Å². The Balaban J connectivity index is 3.20.